The van der Waals surface area contributed by atoms with Crippen molar-refractivity contribution < 1.29 is 179 Å². The Morgan fingerprint density at radius 2 is 0.874 bits per heavy atom. The van der Waals surface area contributed by atoms with E-state index in [1.165, 1.54) is 27.9 Å². The van der Waals surface area contributed by atoms with Gasteiger partial charge in [0.25, 0.3) is 0 Å². The Bertz CT molecular complexity index is 3210. The van der Waals surface area contributed by atoms with Crippen LogP contribution in [-0.2, 0) is 123 Å². The normalized spacial score (nSPS) is 29.8. The second kappa shape index (κ2) is 53.3. The van der Waals surface area contributed by atoms with Crippen molar-refractivity contribution in [2.24, 2.45) is 11.8 Å². The summed E-state index contributed by atoms with van der Waals surface area (Å²) in [5.41, 5.74) is -1.69. The lowest BCUT2D eigenvalue weighted by molar-refractivity contribution is -0.269. The molecule has 0 aromatic carbocycles. The van der Waals surface area contributed by atoms with Crippen LogP contribution in [-0.4, -0.2) is 361 Å². The fourth-order valence-electron chi connectivity index (χ4n) is 14.1. The van der Waals surface area contributed by atoms with Crippen LogP contribution < -0.4 is 26.6 Å². The molecule has 4 saturated heterocycles. The number of nitrogens with one attached hydrogen (secondary N) is 5. The highest BCUT2D eigenvalue weighted by Crippen LogP contribution is 2.49. The number of ether oxygens (including phenoxy) is 11. The van der Waals surface area contributed by atoms with E-state index in [0.29, 0.717) is 19.3 Å². The average Bonchev–Trinajstić information content (AvgIpc) is 1.78. The SMILES string of the molecule is C=P(O)(OC[C@@H]1C[C@@H](OC)CC1C(=O)CCC(=O)NC(COCCC(=O)CCCC(=O)CCO[C@@H]1OC(CO)[C@H](O)[C@H](O)C1NC(C)=O)(COCCC(=O)CCCC(=O)CCO[C@@H]1OC(CO)[C@H](O)[C@H](O)C1NC(C)=O)COCCC(=O)NCCCCC(=O)CCO[C@@H]1OC(CO)[C@H](O)[C@H](O)C1NC(C)=O)O[C@H]1C[C@H](C)O[C@@H]1COP(C)(=O)O. The summed E-state index contributed by atoms with van der Waals surface area (Å²) in [5, 5.41) is 105. The number of aliphatic hydroxyl groups is 9. The molecule has 1 saturated carbocycles. The molecular weight excluding hydrogens is 1620 g/mol. The zero-order chi connectivity index (χ0) is 88.2. The molecule has 0 bridgehead atoms. The van der Waals surface area contributed by atoms with Gasteiger partial charge in [-0.3, -0.25) is 57.3 Å². The molecule has 0 aromatic heterocycles. The van der Waals surface area contributed by atoms with Gasteiger partial charge in [-0.05, 0) is 57.7 Å². The molecule has 42 nitrogen and oxygen atoms in total. The first-order valence-electron chi connectivity index (χ1n) is 40.2. The van der Waals surface area contributed by atoms with Gasteiger partial charge in [-0.2, -0.15) is 0 Å². The highest BCUT2D eigenvalue weighted by Gasteiger charge is 2.49. The minimum Gasteiger partial charge on any atom is -0.394 e. The number of hydrogen-bond acceptors (Lipinski definition) is 36. The Hall–Kier alpha value is -5.10. The predicted octanol–water partition coefficient (Wildman–Crippen LogP) is -3.43. The van der Waals surface area contributed by atoms with Crippen LogP contribution in [0.25, 0.3) is 0 Å². The summed E-state index contributed by atoms with van der Waals surface area (Å²) in [6, 6.07) is -3.66. The van der Waals surface area contributed by atoms with Crippen LogP contribution in [0.3, 0.4) is 0 Å². The summed E-state index contributed by atoms with van der Waals surface area (Å²) in [6.07, 6.45) is -16.0. The molecular formula is C75H127N5O37P2. The fraction of sp³-hybridized carbons (Fsp3) is 0.840. The summed E-state index contributed by atoms with van der Waals surface area (Å²) in [6.45, 7) is 1.05. The molecule has 0 spiro atoms. The maximum atomic E-state index is 14.4. The number of aliphatic hydroxyl groups excluding tert-OH is 9. The van der Waals surface area contributed by atoms with Gasteiger partial charge in [0.15, 0.2) is 18.9 Å². The molecule has 5 aliphatic rings. The van der Waals surface area contributed by atoms with Gasteiger partial charge in [-0.1, -0.05) is 0 Å². The monoisotopic (exact) mass is 1750 g/mol. The molecule has 0 aromatic rings. The van der Waals surface area contributed by atoms with Crippen LogP contribution in [0.4, 0.5) is 0 Å². The summed E-state index contributed by atoms with van der Waals surface area (Å²) in [7, 11) is -6.33. The molecule has 16 N–H and O–H groups in total. The van der Waals surface area contributed by atoms with E-state index in [9.17, 15) is 113 Å². The van der Waals surface area contributed by atoms with E-state index in [1.807, 2.05) is 0 Å². The predicted molar refractivity (Wildman–Crippen MR) is 414 cm³/mol. The molecule has 44 heteroatoms. The zero-order valence-corrected chi connectivity index (χ0v) is 70.3. The van der Waals surface area contributed by atoms with E-state index >= 15 is 0 Å². The lowest BCUT2D eigenvalue weighted by Crippen LogP contribution is -2.64. The number of rotatable bonds is 60. The topological polar surface area (TPSA) is 617 Å². The van der Waals surface area contributed by atoms with Gasteiger partial charge < -0.3 is 148 Å². The first-order valence-corrected chi connectivity index (χ1v) is 44.0. The maximum absolute atomic E-state index is 14.4. The number of carbonyl (C=O) groups is 11. The third-order valence-electron chi connectivity index (χ3n) is 20.5. The number of hydrogen-bond donors (Lipinski definition) is 16. The Morgan fingerprint density at radius 1 is 0.471 bits per heavy atom. The van der Waals surface area contributed by atoms with Crippen molar-refractivity contribution >= 4 is 85.7 Å². The van der Waals surface area contributed by atoms with Gasteiger partial charge in [0.05, 0.1) is 111 Å². The molecule has 0 radical (unpaired) electrons. The Balaban J connectivity index is 1.25. The summed E-state index contributed by atoms with van der Waals surface area (Å²) >= 11 is 0. The summed E-state index contributed by atoms with van der Waals surface area (Å²) in [4.78, 5) is 164. The molecule has 4 heterocycles. The number of Topliss-reactive ketones (excluding diaryl/α,β-unsaturated/α-hetero) is 6. The second-order valence-electron chi connectivity index (χ2n) is 30.7. The maximum Gasteiger partial charge on any atom is 0.325 e. The van der Waals surface area contributed by atoms with Crippen molar-refractivity contribution in [2.45, 2.75) is 278 Å². The van der Waals surface area contributed by atoms with Crippen molar-refractivity contribution in [2.75, 3.05) is 113 Å². The number of carbonyl (C=O) groups excluding carboxylic acids is 11. The van der Waals surface area contributed by atoms with Gasteiger partial charge >= 0.3 is 7.60 Å². The molecule has 23 atom stereocenters. The third kappa shape index (κ3) is 37.7. The van der Waals surface area contributed by atoms with Gasteiger partial charge in [-0.15, -0.1) is 0 Å². The van der Waals surface area contributed by atoms with Gasteiger partial charge in [0.1, 0.15) is 119 Å². The van der Waals surface area contributed by atoms with Crippen LogP contribution in [0.5, 0.6) is 0 Å². The highest BCUT2D eigenvalue weighted by molar-refractivity contribution is 7.58. The van der Waals surface area contributed by atoms with E-state index in [4.69, 9.17) is 65.7 Å². The summed E-state index contributed by atoms with van der Waals surface area (Å²) in [5.74, 6) is -6.10. The molecule has 5 amide bonds. The first-order chi connectivity index (χ1) is 56.3. The van der Waals surface area contributed by atoms with E-state index < -0.39 is 218 Å². The van der Waals surface area contributed by atoms with Crippen LogP contribution in [0, 0.1) is 11.8 Å². The van der Waals surface area contributed by atoms with Crippen molar-refractivity contribution in [1.29, 1.82) is 0 Å². The minimum atomic E-state index is -3.90. The Morgan fingerprint density at radius 3 is 1.27 bits per heavy atom. The molecule has 5 rings (SSSR count). The molecule has 1 aliphatic carbocycles. The average molecular weight is 1750 g/mol. The molecule has 5 fully saturated rings. The second-order valence-corrected chi connectivity index (χ2v) is 34.3. The number of ketones is 6. The smallest absolute Gasteiger partial charge is 0.325 e. The number of amides is 5. The Labute approximate surface area is 691 Å². The first kappa shape index (κ1) is 104. The van der Waals surface area contributed by atoms with Gasteiger partial charge in [-0.25, -0.2) is 0 Å². The van der Waals surface area contributed by atoms with Crippen molar-refractivity contribution in [3.63, 3.8) is 0 Å². The highest BCUT2D eigenvalue weighted by atomic mass is 31.2. The van der Waals surface area contributed by atoms with Crippen LogP contribution in [0.2, 0.25) is 0 Å². The van der Waals surface area contributed by atoms with E-state index in [2.05, 4.69) is 32.9 Å². The van der Waals surface area contributed by atoms with Crippen molar-refractivity contribution in [3.8, 4) is 0 Å². The molecule has 9 unspecified atom stereocenters. The lowest BCUT2D eigenvalue weighted by Gasteiger charge is -2.42. The summed E-state index contributed by atoms with van der Waals surface area (Å²) < 4.78 is 92.2. The van der Waals surface area contributed by atoms with Crippen molar-refractivity contribution in [1.82, 2.24) is 26.6 Å². The minimum absolute atomic E-state index is 0.0635. The van der Waals surface area contributed by atoms with Crippen molar-refractivity contribution in [3.05, 3.63) is 0 Å². The standard InChI is InChI=1S/C75H127N5O37P2/c1-43-32-56(60(113-43)39-111-118(6,101)102)117-119(7,103)112-38-47-33-53(104-5)34-54(47)55(92)17-18-62(94)80-75(40-105-26-19-49(88)13-10-15-51(90)22-30-109-73-64(78-45(3)85)70(99)67(96)58(36-82)115-73,41-106-27-20-50(89)14-11-16-52(91)23-31-110-74-65(79-46(4)86)71(100)68(97)59(37-83)116-74)42-107-28-24-61(93)76-25-9-8-12-48(87)21-29-108-72-63(77-44(2)84)69(98)66(95)57(35-81)114-72/h43,47,53-54,56-60,63-74,81-83,95-100,103H,7-42H2,1-6H3,(H,76,93)(H,77,84)(H,78,85)(H,79,86)(H,80,94)(H,101,102)/t43-,47-,53+,54?,56-,57?,58?,59?,60+,63?,64?,65?,66-,67-,68-,69+,70+,71+,72+,73+,74+,75?,119?/m0/s1. The largest absolute Gasteiger partial charge is 0.394 e. The van der Waals surface area contributed by atoms with Gasteiger partial charge in [0, 0.05) is 137 Å². The number of methoxy groups -OCH3 is 1. The molecule has 684 valence electrons. The van der Waals surface area contributed by atoms with E-state index in [1.54, 1.807) is 6.92 Å². The zero-order valence-electron chi connectivity index (χ0n) is 68.5. The lowest BCUT2D eigenvalue weighted by atomic mass is 9.90. The van der Waals surface area contributed by atoms with Crippen LogP contribution in [0.15, 0.2) is 0 Å². The Kier molecular flexibility index (Phi) is 46.8. The van der Waals surface area contributed by atoms with E-state index in [-0.39, 0.29) is 203 Å². The fourth-order valence-corrected chi connectivity index (χ4v) is 15.7. The quantitative estimate of drug-likeness (QED) is 0.0208. The number of unbranched alkanes of at least 4 members (excludes halogenated alkanes) is 1. The van der Waals surface area contributed by atoms with Crippen LogP contribution >= 0.6 is 15.2 Å². The molecule has 119 heavy (non-hydrogen) atoms. The third-order valence-corrected chi connectivity index (χ3v) is 22.3. The van der Waals surface area contributed by atoms with E-state index in [0.717, 1.165) is 6.66 Å². The van der Waals surface area contributed by atoms with Gasteiger partial charge in [0.2, 0.25) is 37.1 Å². The molecule has 4 aliphatic heterocycles. The van der Waals surface area contributed by atoms with Crippen LogP contribution in [0.1, 0.15) is 156 Å².